The lowest BCUT2D eigenvalue weighted by Gasteiger charge is -2.35. The van der Waals surface area contributed by atoms with E-state index in [4.69, 9.17) is 9.47 Å². The number of rotatable bonds is 7. The average Bonchev–Trinajstić information content (AvgIpc) is 2.75. The van der Waals surface area contributed by atoms with Crippen LogP contribution in [-0.4, -0.2) is 55.1 Å². The highest BCUT2D eigenvalue weighted by atomic mass is 19.4. The minimum atomic E-state index is -4.33. The van der Waals surface area contributed by atoms with Gasteiger partial charge in [0.15, 0.2) is 11.5 Å². The summed E-state index contributed by atoms with van der Waals surface area (Å²) in [7, 11) is 0. The van der Waals surface area contributed by atoms with Gasteiger partial charge >= 0.3 is 6.18 Å². The van der Waals surface area contributed by atoms with Crippen molar-refractivity contribution in [3.8, 4) is 11.5 Å². The van der Waals surface area contributed by atoms with Crippen molar-refractivity contribution >= 4 is 5.91 Å². The van der Waals surface area contributed by atoms with Crippen molar-refractivity contribution in [3.63, 3.8) is 0 Å². The van der Waals surface area contributed by atoms with E-state index >= 15 is 0 Å². The lowest BCUT2D eigenvalue weighted by molar-refractivity contribution is -0.137. The molecule has 5 nitrogen and oxygen atoms in total. The van der Waals surface area contributed by atoms with Crippen LogP contribution in [0.5, 0.6) is 11.5 Å². The molecule has 3 rings (SSSR count). The van der Waals surface area contributed by atoms with E-state index in [0.717, 1.165) is 17.7 Å². The molecule has 0 aromatic heterocycles. The lowest BCUT2D eigenvalue weighted by atomic mass is 10.1. The molecule has 0 atom stereocenters. The van der Waals surface area contributed by atoms with E-state index < -0.39 is 11.7 Å². The predicted octanol–water partition coefficient (Wildman–Crippen LogP) is 4.46. The Morgan fingerprint density at radius 2 is 1.52 bits per heavy atom. The maximum absolute atomic E-state index is 12.9. The van der Waals surface area contributed by atoms with Crippen LogP contribution in [0.2, 0.25) is 0 Å². The first-order valence-electron chi connectivity index (χ1n) is 10.4. The SMILES string of the molecule is CCOc1ccc(C(=O)N2CCN(Cc3ccc(C(F)(F)F)cc3)CC2)cc1OCC. The standard InChI is InChI=1S/C23H27F3N2O3/c1-3-30-20-10-7-18(15-21(20)31-4-2)22(29)28-13-11-27(12-14-28)16-17-5-8-19(9-6-17)23(24,25)26/h5-10,15H,3-4,11-14,16H2,1-2H3. The molecule has 31 heavy (non-hydrogen) atoms. The molecular weight excluding hydrogens is 409 g/mol. The molecule has 0 aliphatic carbocycles. The minimum Gasteiger partial charge on any atom is -0.490 e. The summed E-state index contributed by atoms with van der Waals surface area (Å²) in [4.78, 5) is 16.8. The number of ether oxygens (including phenoxy) is 2. The predicted molar refractivity (Wildman–Crippen MR) is 111 cm³/mol. The van der Waals surface area contributed by atoms with Gasteiger partial charge in [-0.15, -0.1) is 0 Å². The monoisotopic (exact) mass is 436 g/mol. The summed E-state index contributed by atoms with van der Waals surface area (Å²) < 4.78 is 49.3. The van der Waals surface area contributed by atoms with Crippen molar-refractivity contribution in [2.75, 3.05) is 39.4 Å². The molecule has 168 valence electrons. The van der Waals surface area contributed by atoms with Gasteiger partial charge < -0.3 is 14.4 Å². The summed E-state index contributed by atoms with van der Waals surface area (Å²) in [6.45, 7) is 7.71. The molecule has 0 N–H and O–H groups in total. The quantitative estimate of drug-likeness (QED) is 0.643. The number of carbonyl (C=O) groups excluding carboxylic acids is 1. The van der Waals surface area contributed by atoms with E-state index in [-0.39, 0.29) is 5.91 Å². The van der Waals surface area contributed by atoms with Crippen molar-refractivity contribution in [2.45, 2.75) is 26.6 Å². The van der Waals surface area contributed by atoms with Gasteiger partial charge in [0.05, 0.1) is 18.8 Å². The van der Waals surface area contributed by atoms with Crippen molar-refractivity contribution in [2.24, 2.45) is 0 Å². The molecule has 0 saturated carbocycles. The first-order valence-corrected chi connectivity index (χ1v) is 10.4. The fourth-order valence-corrected chi connectivity index (χ4v) is 3.53. The first kappa shape index (κ1) is 22.9. The first-order chi connectivity index (χ1) is 14.8. The fraction of sp³-hybridized carbons (Fsp3) is 0.435. The van der Waals surface area contributed by atoms with Crippen LogP contribution in [0.15, 0.2) is 42.5 Å². The highest BCUT2D eigenvalue weighted by Crippen LogP contribution is 2.30. The van der Waals surface area contributed by atoms with Gasteiger partial charge in [-0.1, -0.05) is 12.1 Å². The zero-order chi connectivity index (χ0) is 22.4. The van der Waals surface area contributed by atoms with Crippen LogP contribution >= 0.6 is 0 Å². The normalized spacial score (nSPS) is 15.1. The summed E-state index contributed by atoms with van der Waals surface area (Å²) >= 11 is 0. The fourth-order valence-electron chi connectivity index (χ4n) is 3.53. The Hall–Kier alpha value is -2.74. The topological polar surface area (TPSA) is 42.0 Å². The molecule has 1 aliphatic heterocycles. The molecule has 0 bridgehead atoms. The van der Waals surface area contributed by atoms with Crippen LogP contribution in [0.4, 0.5) is 13.2 Å². The summed E-state index contributed by atoms with van der Waals surface area (Å²) in [5.74, 6) is 1.09. The van der Waals surface area contributed by atoms with Crippen LogP contribution in [0, 0.1) is 0 Å². The van der Waals surface area contributed by atoms with E-state index in [1.807, 2.05) is 13.8 Å². The zero-order valence-corrected chi connectivity index (χ0v) is 17.7. The van der Waals surface area contributed by atoms with Crippen LogP contribution in [0.25, 0.3) is 0 Å². The third-order valence-corrected chi connectivity index (χ3v) is 5.14. The van der Waals surface area contributed by atoms with Gasteiger partial charge in [-0.3, -0.25) is 9.69 Å². The Bertz CT molecular complexity index is 877. The largest absolute Gasteiger partial charge is 0.490 e. The second kappa shape index (κ2) is 10.0. The second-order valence-electron chi connectivity index (χ2n) is 7.29. The van der Waals surface area contributed by atoms with E-state index in [1.165, 1.54) is 12.1 Å². The number of carbonyl (C=O) groups is 1. The summed E-state index contributed by atoms with van der Waals surface area (Å²) in [5.41, 5.74) is 0.720. The van der Waals surface area contributed by atoms with Crippen LogP contribution in [0.3, 0.4) is 0 Å². The number of alkyl halides is 3. The zero-order valence-electron chi connectivity index (χ0n) is 17.7. The Balaban J connectivity index is 1.58. The highest BCUT2D eigenvalue weighted by molar-refractivity contribution is 5.95. The van der Waals surface area contributed by atoms with Gasteiger partial charge in [0.2, 0.25) is 0 Å². The Kier molecular flexibility index (Phi) is 7.43. The van der Waals surface area contributed by atoms with Crippen LogP contribution in [-0.2, 0) is 12.7 Å². The molecule has 1 fully saturated rings. The number of amides is 1. The molecule has 8 heteroatoms. The highest BCUT2D eigenvalue weighted by Gasteiger charge is 2.30. The maximum atomic E-state index is 12.9. The number of nitrogens with zero attached hydrogens (tertiary/aromatic N) is 2. The molecule has 1 heterocycles. The van der Waals surface area contributed by atoms with Gasteiger partial charge in [0, 0.05) is 38.3 Å². The number of benzene rings is 2. The van der Waals surface area contributed by atoms with Gasteiger partial charge in [-0.2, -0.15) is 13.2 Å². The molecule has 2 aromatic carbocycles. The maximum Gasteiger partial charge on any atom is 0.416 e. The van der Waals surface area contributed by atoms with Gasteiger partial charge in [0.1, 0.15) is 0 Å². The van der Waals surface area contributed by atoms with Gasteiger partial charge in [-0.25, -0.2) is 0 Å². The number of halogens is 3. The van der Waals surface area contributed by atoms with Crippen molar-refractivity contribution in [1.82, 2.24) is 9.80 Å². The molecule has 1 amide bonds. The van der Waals surface area contributed by atoms with Crippen molar-refractivity contribution in [3.05, 3.63) is 59.2 Å². The summed E-state index contributed by atoms with van der Waals surface area (Å²) in [5, 5.41) is 0. The van der Waals surface area contributed by atoms with Crippen LogP contribution in [0.1, 0.15) is 35.3 Å². The number of hydrogen-bond acceptors (Lipinski definition) is 4. The summed E-state index contributed by atoms with van der Waals surface area (Å²) in [6, 6.07) is 10.4. The Morgan fingerprint density at radius 1 is 0.903 bits per heavy atom. The van der Waals surface area contributed by atoms with Crippen molar-refractivity contribution in [1.29, 1.82) is 0 Å². The van der Waals surface area contributed by atoms with E-state index in [1.54, 1.807) is 23.1 Å². The molecule has 0 radical (unpaired) electrons. The van der Waals surface area contributed by atoms with E-state index in [2.05, 4.69) is 4.90 Å². The Morgan fingerprint density at radius 3 is 2.10 bits per heavy atom. The molecule has 0 spiro atoms. The minimum absolute atomic E-state index is 0.0711. The van der Waals surface area contributed by atoms with Gasteiger partial charge in [0.25, 0.3) is 5.91 Å². The molecule has 0 unspecified atom stereocenters. The average molecular weight is 436 g/mol. The smallest absolute Gasteiger partial charge is 0.416 e. The molecule has 2 aromatic rings. The number of hydrogen-bond donors (Lipinski definition) is 0. The third-order valence-electron chi connectivity index (χ3n) is 5.14. The Labute approximate surface area is 180 Å². The van der Waals surface area contributed by atoms with Crippen LogP contribution < -0.4 is 9.47 Å². The molecule has 1 saturated heterocycles. The lowest BCUT2D eigenvalue weighted by Crippen LogP contribution is -2.48. The second-order valence-corrected chi connectivity index (χ2v) is 7.29. The summed E-state index contributed by atoms with van der Waals surface area (Å²) in [6.07, 6.45) is -4.33. The third kappa shape index (κ3) is 5.91. The van der Waals surface area contributed by atoms with Gasteiger partial charge in [-0.05, 0) is 49.7 Å². The molecular formula is C23H27F3N2O3. The molecule has 1 aliphatic rings. The van der Waals surface area contributed by atoms with Crippen molar-refractivity contribution < 1.29 is 27.4 Å². The van der Waals surface area contributed by atoms with E-state index in [0.29, 0.717) is 63.0 Å². The number of piperazine rings is 1. The van der Waals surface area contributed by atoms with E-state index in [9.17, 15) is 18.0 Å².